The van der Waals surface area contributed by atoms with Crippen molar-refractivity contribution < 1.29 is 71.9 Å². The Hall–Kier alpha value is -9.72. The largest absolute Gasteiger partial charge is 0.444 e. The quantitative estimate of drug-likeness (QED) is 0.0254. The van der Waals surface area contributed by atoms with Crippen LogP contribution < -0.4 is 51.2 Å². The maximum Gasteiger partial charge on any atom is 0.437 e. The van der Waals surface area contributed by atoms with Crippen molar-refractivity contribution in [2.75, 3.05) is 100 Å². The summed E-state index contributed by atoms with van der Waals surface area (Å²) in [6, 6.07) is 6.75. The van der Waals surface area contributed by atoms with Crippen molar-refractivity contribution >= 4 is 111 Å². The third-order valence-electron chi connectivity index (χ3n) is 26.3. The number of likely N-dealkylation sites (tertiary alicyclic amines) is 5. The first-order chi connectivity index (χ1) is 59.6. The number of carbonyl (C=O) groups is 6. The van der Waals surface area contributed by atoms with Crippen molar-refractivity contribution in [1.29, 1.82) is 5.41 Å². The number of hydrogen-bond acceptors (Lipinski definition) is 22. The molecule has 18 rings (SSSR count). The number of sulfonamides is 4. The molecule has 0 spiro atoms. The Morgan fingerprint density at radius 2 is 0.762 bits per heavy atom. The molecule has 4 aromatic carbocycles. The molecule has 0 saturated carbocycles. The van der Waals surface area contributed by atoms with Crippen LogP contribution in [0.5, 0.6) is 0 Å². The van der Waals surface area contributed by atoms with E-state index in [9.17, 15) is 62.4 Å². The van der Waals surface area contributed by atoms with Crippen LogP contribution in [0.15, 0.2) is 39.5 Å². The predicted molar refractivity (Wildman–Crippen MR) is 479 cm³/mol. The highest BCUT2D eigenvalue weighted by atomic mass is 32.2. The average Bonchev–Trinajstić information content (AvgIpc) is 1.75. The molecule has 0 aromatic heterocycles. The molecule has 6 aliphatic heterocycles. The SMILES string of the molecule is C#CCCC1(CCN2CC(S(=O)(=O)NC(=O)Nc3c4c(cc5c3CCC5)CCC4)C2)N=N1.CC(C)(C)OC(=O)N=C(NC(=O)OC(C)(C)C)N1CC(S(=O)(=O)NC(=O)Nc2c3c(cc4c2CCC4)CCC3)C1.CN1CC(N2CC(S(=O)(=O)NC(=O)Nc3c4c(cc5c3CCC5)CCC4)C2)C1.N=C(N)N1CC(S(=O)(=O)NC(=O)Nc2c3c(cc4c2CCC4)CCC3)C1. The fraction of sp³-hybridized carbons (Fsp3) is 0.609. The minimum Gasteiger partial charge on any atom is -0.444 e. The van der Waals surface area contributed by atoms with E-state index in [1.54, 1.807) is 41.5 Å². The monoisotopic (exact) mass is 1810 g/mol. The molecule has 126 heavy (non-hydrogen) atoms. The Morgan fingerprint density at radius 1 is 0.460 bits per heavy atom. The first-order valence-electron chi connectivity index (χ1n) is 44.3. The van der Waals surface area contributed by atoms with Gasteiger partial charge in [0.1, 0.15) is 32.2 Å². The van der Waals surface area contributed by atoms with Gasteiger partial charge in [0.05, 0.1) is 0 Å². The number of amides is 10. The van der Waals surface area contributed by atoms with Crippen LogP contribution in [0, 0.1) is 17.8 Å². The number of nitrogens with zero attached hydrogens (tertiary/aromatic N) is 8. The Kier molecular flexibility index (Phi) is 26.3. The Labute approximate surface area is 738 Å². The summed E-state index contributed by atoms with van der Waals surface area (Å²) in [6.45, 7) is 14.6. The van der Waals surface area contributed by atoms with Gasteiger partial charge in [0, 0.05) is 120 Å². The minimum atomic E-state index is -4.07. The lowest BCUT2D eigenvalue weighted by atomic mass is 9.99. The van der Waals surface area contributed by atoms with Crippen molar-refractivity contribution in [3.8, 4) is 12.3 Å². The lowest BCUT2D eigenvalue weighted by molar-refractivity contribution is 0.0163. The molecule has 5 fully saturated rings. The Morgan fingerprint density at radius 3 is 1.05 bits per heavy atom. The van der Waals surface area contributed by atoms with E-state index >= 15 is 0 Å². The van der Waals surface area contributed by atoms with Crippen molar-refractivity contribution in [3.05, 3.63) is 113 Å². The number of alkyl carbamates (subject to hydrolysis) is 1. The summed E-state index contributed by atoms with van der Waals surface area (Å²) in [5.74, 6) is 2.25. The smallest absolute Gasteiger partial charge is 0.437 e. The second kappa shape index (κ2) is 36.4. The molecule has 12 N–H and O–H groups in total. The molecular weight excluding hydrogens is 1700 g/mol. The second-order valence-electron chi connectivity index (χ2n) is 37.8. The van der Waals surface area contributed by atoms with Crippen LogP contribution in [0.4, 0.5) is 51.5 Å². The van der Waals surface area contributed by atoms with Gasteiger partial charge in [0.15, 0.2) is 11.6 Å². The van der Waals surface area contributed by atoms with Gasteiger partial charge in [-0.15, -0.1) is 17.3 Å². The van der Waals surface area contributed by atoms with Gasteiger partial charge in [-0.2, -0.15) is 10.2 Å². The number of benzene rings is 4. The lowest BCUT2D eigenvalue weighted by Crippen LogP contribution is -2.68. The summed E-state index contributed by atoms with van der Waals surface area (Å²) in [5.41, 5.74) is 26.2. The number of nitrogens with one attached hydrogen (secondary N) is 10. The van der Waals surface area contributed by atoms with Gasteiger partial charge in [-0.25, -0.2) is 81.3 Å². The molecule has 682 valence electrons. The molecule has 10 amide bonds. The maximum atomic E-state index is 13.0. The number of guanidine groups is 2. The molecule has 0 bridgehead atoms. The number of urea groups is 4. The third kappa shape index (κ3) is 21.0. The number of aliphatic imine (C=N–C) groups is 1. The van der Waals surface area contributed by atoms with Gasteiger partial charge in [-0.1, -0.05) is 24.3 Å². The van der Waals surface area contributed by atoms with E-state index in [1.165, 1.54) is 76.6 Å². The van der Waals surface area contributed by atoms with Gasteiger partial charge in [0.25, 0.3) is 0 Å². The van der Waals surface area contributed by atoms with Gasteiger partial charge in [-0.05, 0) is 292 Å². The number of anilines is 4. The first-order valence-corrected chi connectivity index (χ1v) is 50.5. The number of hydrogen-bond donors (Lipinski definition) is 11. The lowest BCUT2D eigenvalue weighted by Gasteiger charge is -2.50. The summed E-state index contributed by atoms with van der Waals surface area (Å²) < 4.78 is 121. The summed E-state index contributed by atoms with van der Waals surface area (Å²) in [4.78, 5) is 88.3. The number of nitrogens with two attached hydrogens (primary N) is 1. The second-order valence-corrected chi connectivity index (χ2v) is 45.6. The van der Waals surface area contributed by atoms with E-state index in [2.05, 4.69) is 113 Å². The van der Waals surface area contributed by atoms with E-state index in [1.807, 2.05) is 0 Å². The minimum absolute atomic E-state index is 0.115. The van der Waals surface area contributed by atoms with E-state index < -0.39 is 109 Å². The van der Waals surface area contributed by atoms with Crippen molar-refractivity contribution in [1.82, 2.24) is 48.7 Å². The molecule has 8 aliphatic carbocycles. The van der Waals surface area contributed by atoms with Crippen LogP contribution in [0.2, 0.25) is 0 Å². The molecule has 35 nitrogen and oxygen atoms in total. The van der Waals surface area contributed by atoms with Crippen LogP contribution in [0.3, 0.4) is 0 Å². The highest BCUT2D eigenvalue weighted by molar-refractivity contribution is 7.91. The predicted octanol–water partition coefficient (Wildman–Crippen LogP) is 8.19. The normalized spacial score (nSPS) is 19.8. The van der Waals surface area contributed by atoms with Gasteiger partial charge in [-0.3, -0.25) is 15.6 Å². The van der Waals surface area contributed by atoms with Crippen LogP contribution in [-0.2, 0) is 152 Å². The number of carbonyl (C=O) groups excluding carboxylic acids is 6. The number of terminal acetylenes is 1. The van der Waals surface area contributed by atoms with Gasteiger partial charge >= 0.3 is 36.3 Å². The number of rotatable bonds is 18. The van der Waals surface area contributed by atoms with E-state index in [0.29, 0.717) is 38.6 Å². The highest BCUT2D eigenvalue weighted by Crippen LogP contribution is 2.44. The van der Waals surface area contributed by atoms with E-state index in [4.69, 9.17) is 27.0 Å². The summed E-state index contributed by atoms with van der Waals surface area (Å²) in [5, 5.41) is 26.6. The van der Waals surface area contributed by atoms with Crippen LogP contribution in [0.1, 0.15) is 201 Å². The third-order valence-corrected chi connectivity index (χ3v) is 32.9. The average molecular weight is 1820 g/mol. The molecule has 0 unspecified atom stereocenters. The van der Waals surface area contributed by atoms with Gasteiger partial charge < -0.3 is 56.1 Å². The Balaban J connectivity index is 0.000000131. The van der Waals surface area contributed by atoms with Crippen molar-refractivity contribution in [2.24, 2.45) is 21.0 Å². The molecule has 5 saturated heterocycles. The van der Waals surface area contributed by atoms with Crippen molar-refractivity contribution in [2.45, 2.75) is 259 Å². The molecular formula is C87H119N19O16S4. The number of fused-ring (bicyclic) bond motifs is 8. The fourth-order valence-corrected chi connectivity index (χ4v) is 24.6. The zero-order valence-electron chi connectivity index (χ0n) is 73.0. The van der Waals surface area contributed by atoms with Crippen LogP contribution in [0.25, 0.3) is 0 Å². The zero-order chi connectivity index (χ0) is 89.7. The van der Waals surface area contributed by atoms with Crippen molar-refractivity contribution in [3.63, 3.8) is 0 Å². The zero-order valence-corrected chi connectivity index (χ0v) is 76.2. The summed E-state index contributed by atoms with van der Waals surface area (Å²) >= 11 is 0. The molecule has 6 heterocycles. The first kappa shape index (κ1) is 91.0. The molecule has 14 aliphatic rings. The van der Waals surface area contributed by atoms with Gasteiger partial charge in [0.2, 0.25) is 46.1 Å². The van der Waals surface area contributed by atoms with Crippen LogP contribution in [-0.4, -0.2) is 229 Å². The summed E-state index contributed by atoms with van der Waals surface area (Å²) in [6.07, 6.45) is 29.6. The molecule has 0 radical (unpaired) electrons. The highest BCUT2D eigenvalue weighted by Gasteiger charge is 2.48. The number of ether oxygens (including phenoxy) is 2. The molecule has 39 heteroatoms. The summed E-state index contributed by atoms with van der Waals surface area (Å²) in [7, 11) is -13.2. The maximum absolute atomic E-state index is 13.0. The molecule has 4 aromatic rings. The number of likely N-dealkylation sites (N-methyl/N-ethyl adjacent to an activating group) is 1. The fourth-order valence-electron chi connectivity index (χ4n) is 19.6. The molecule has 0 atom stereocenters. The number of aryl methyl sites for hydroxylation is 8. The standard InChI is InChI=1S/C27H39N5O7S.C23H29N5O3S.C20H28N4O3S.C17H23N5O3S/c1-26(2,3)38-24(34)29-22(30-25(35)39-27(4,5)6)32-14-18(15-32)40(36,37)31-23(33)28-21-19-11-7-9-16(19)13-17-10-8-12-20(17)21;1-2-3-10-23(26-27-23)11-12-28-14-18(15-28)32(30,31)25-22(29)24-21-19-8-4-6-16(19)13-17-7-5-9-20(17)21;1-23-9-15(10-23)24-11-16(12-24)28(26,27)22-20(25)21-19-17-6-2-4-13(17)8-14-5-3-7-18(14)19;18-16(19)22-8-12(9-22)26(24,25)21-17(23)20-15-13-5-1-3-10(13)7-11-4-2-6-14(11)15/h13,18H,7-12,14-15H2,1-6H3,(H2,28,31,33)(H,29,30,34,35);1,13,18H,3-12,14-15H2,(H2,24,25,29);8,15-16H,2-7,9-12H2,1H3,(H2,21,22,25);7,12H,1-6,8-9H2,(H3,18,19)(H2,20,21,23). The van der Waals surface area contributed by atoms with Crippen LogP contribution >= 0.6 is 0 Å². The Bertz CT molecular complexity index is 5480. The van der Waals surface area contributed by atoms with E-state index in [-0.39, 0.29) is 43.8 Å². The van der Waals surface area contributed by atoms with E-state index in [0.717, 1.165) is 232 Å². The topological polar surface area (TPSA) is 469 Å².